The maximum Gasteiger partial charge on any atom is 0.324 e. The number of likely N-dealkylation sites (tertiary alicyclic amines) is 1. The van der Waals surface area contributed by atoms with Gasteiger partial charge in [0.2, 0.25) is 11.8 Å². The van der Waals surface area contributed by atoms with Gasteiger partial charge in [0, 0.05) is 19.5 Å². The first-order valence-electron chi connectivity index (χ1n) is 8.62. The van der Waals surface area contributed by atoms with Crippen molar-refractivity contribution in [3.05, 3.63) is 29.8 Å². The zero-order valence-electron chi connectivity index (χ0n) is 14.4. The van der Waals surface area contributed by atoms with Crippen LogP contribution in [0.1, 0.15) is 37.3 Å². The first kappa shape index (κ1) is 17.3. The Morgan fingerprint density at radius 1 is 1.32 bits per heavy atom. The van der Waals surface area contributed by atoms with Gasteiger partial charge in [-0.2, -0.15) is 0 Å². The Labute approximate surface area is 146 Å². The molecule has 1 unspecified atom stereocenters. The Bertz CT molecular complexity index is 660. The average Bonchev–Trinajstić information content (AvgIpc) is 2.64. The molecule has 0 bridgehead atoms. The van der Waals surface area contributed by atoms with Crippen LogP contribution in [0.4, 0.5) is 4.79 Å². The van der Waals surface area contributed by atoms with Gasteiger partial charge in [-0.15, -0.1) is 0 Å². The van der Waals surface area contributed by atoms with Gasteiger partial charge in [-0.05, 0) is 37.0 Å². The van der Waals surface area contributed by atoms with Crippen LogP contribution < -0.4 is 10.1 Å². The van der Waals surface area contributed by atoms with Crippen molar-refractivity contribution >= 4 is 17.8 Å². The van der Waals surface area contributed by atoms with E-state index in [0.29, 0.717) is 13.1 Å². The van der Waals surface area contributed by atoms with E-state index in [-0.39, 0.29) is 30.8 Å². The van der Waals surface area contributed by atoms with Crippen molar-refractivity contribution < 1.29 is 19.1 Å². The highest BCUT2D eigenvalue weighted by atomic mass is 16.5. The predicted octanol–water partition coefficient (Wildman–Crippen LogP) is 1.69. The molecule has 1 N–H and O–H groups in total. The van der Waals surface area contributed by atoms with Crippen molar-refractivity contribution in [1.29, 1.82) is 0 Å². The van der Waals surface area contributed by atoms with E-state index in [4.69, 9.17) is 4.74 Å². The summed E-state index contributed by atoms with van der Waals surface area (Å²) in [7, 11) is 1.61. The van der Waals surface area contributed by atoms with Crippen molar-refractivity contribution in [3.63, 3.8) is 0 Å². The van der Waals surface area contributed by atoms with Crippen LogP contribution in [-0.4, -0.2) is 54.4 Å². The zero-order chi connectivity index (χ0) is 17.8. The first-order chi connectivity index (χ1) is 12.1. The molecular formula is C18H23N3O4. The fourth-order valence-corrected chi connectivity index (χ4v) is 3.43. The standard InChI is InChI=1S/C18H23N3O4/c1-25-14-6-4-5-13(11-14)15-7-2-3-10-20(15)17(23)12-21-16(22)8-9-19-18(21)24/h4-6,11,15H,2-3,7-10,12H2,1H3,(H,19,24). The van der Waals surface area contributed by atoms with Gasteiger partial charge in [0.1, 0.15) is 12.3 Å². The van der Waals surface area contributed by atoms with E-state index < -0.39 is 6.03 Å². The first-order valence-corrected chi connectivity index (χ1v) is 8.62. The SMILES string of the molecule is COc1cccc(C2CCCCN2C(=O)CN2C(=O)CCNC2=O)c1. The number of ether oxygens (including phenoxy) is 1. The maximum atomic E-state index is 12.8. The summed E-state index contributed by atoms with van der Waals surface area (Å²) in [4.78, 5) is 39.4. The normalized spacial score (nSPS) is 21.1. The van der Waals surface area contributed by atoms with Crippen LogP contribution in [0.25, 0.3) is 0 Å². The lowest BCUT2D eigenvalue weighted by atomic mass is 9.95. The lowest BCUT2D eigenvalue weighted by Crippen LogP contribution is -2.54. The van der Waals surface area contributed by atoms with Gasteiger partial charge in [-0.1, -0.05) is 12.1 Å². The summed E-state index contributed by atoms with van der Waals surface area (Å²) < 4.78 is 5.28. The van der Waals surface area contributed by atoms with Gasteiger partial charge < -0.3 is 15.0 Å². The number of piperidine rings is 1. The second-order valence-electron chi connectivity index (χ2n) is 6.34. The van der Waals surface area contributed by atoms with Crippen LogP contribution in [0, 0.1) is 0 Å². The highest BCUT2D eigenvalue weighted by Gasteiger charge is 2.33. The Balaban J connectivity index is 1.76. The van der Waals surface area contributed by atoms with Crippen LogP contribution in [0.3, 0.4) is 0 Å². The monoisotopic (exact) mass is 345 g/mol. The molecule has 0 aliphatic carbocycles. The molecule has 1 aromatic rings. The molecule has 0 aromatic heterocycles. The molecule has 3 rings (SSSR count). The van der Waals surface area contributed by atoms with Crippen LogP contribution in [0.2, 0.25) is 0 Å². The van der Waals surface area contributed by atoms with Crippen molar-refractivity contribution in [2.24, 2.45) is 0 Å². The minimum Gasteiger partial charge on any atom is -0.497 e. The Hall–Kier alpha value is -2.57. The number of imide groups is 1. The van der Waals surface area contributed by atoms with E-state index in [2.05, 4.69) is 5.32 Å². The van der Waals surface area contributed by atoms with E-state index in [1.807, 2.05) is 24.3 Å². The molecule has 4 amide bonds. The highest BCUT2D eigenvalue weighted by Crippen LogP contribution is 2.32. The second-order valence-corrected chi connectivity index (χ2v) is 6.34. The molecule has 0 spiro atoms. The van der Waals surface area contributed by atoms with Crippen LogP contribution in [0.5, 0.6) is 5.75 Å². The van der Waals surface area contributed by atoms with Gasteiger partial charge >= 0.3 is 6.03 Å². The van der Waals surface area contributed by atoms with Crippen molar-refractivity contribution in [3.8, 4) is 5.75 Å². The van der Waals surface area contributed by atoms with Crippen molar-refractivity contribution in [2.75, 3.05) is 26.7 Å². The summed E-state index contributed by atoms with van der Waals surface area (Å²) in [5.41, 5.74) is 1.02. The number of hydrogen-bond acceptors (Lipinski definition) is 4. The topological polar surface area (TPSA) is 79.0 Å². The van der Waals surface area contributed by atoms with Crippen LogP contribution >= 0.6 is 0 Å². The molecule has 1 atom stereocenters. The zero-order valence-corrected chi connectivity index (χ0v) is 14.4. The van der Waals surface area contributed by atoms with E-state index >= 15 is 0 Å². The second kappa shape index (κ2) is 7.55. The molecule has 7 nitrogen and oxygen atoms in total. The number of nitrogens with one attached hydrogen (secondary N) is 1. The number of carbonyl (C=O) groups is 3. The molecule has 7 heteroatoms. The molecular weight excluding hydrogens is 322 g/mol. The smallest absolute Gasteiger partial charge is 0.324 e. The van der Waals surface area contributed by atoms with Gasteiger partial charge in [0.25, 0.3) is 0 Å². The van der Waals surface area contributed by atoms with E-state index in [1.54, 1.807) is 12.0 Å². The highest BCUT2D eigenvalue weighted by molar-refractivity contribution is 6.00. The van der Waals surface area contributed by atoms with E-state index in [9.17, 15) is 14.4 Å². The molecule has 2 heterocycles. The molecule has 2 aliphatic rings. The molecule has 2 saturated heterocycles. The molecule has 134 valence electrons. The maximum absolute atomic E-state index is 12.8. The van der Waals surface area contributed by atoms with Crippen molar-refractivity contribution in [2.45, 2.75) is 31.7 Å². The average molecular weight is 345 g/mol. The molecule has 2 aliphatic heterocycles. The Kier molecular flexibility index (Phi) is 5.21. The van der Waals surface area contributed by atoms with Crippen LogP contribution in [0.15, 0.2) is 24.3 Å². The van der Waals surface area contributed by atoms with Gasteiger partial charge in [0.15, 0.2) is 0 Å². The molecule has 25 heavy (non-hydrogen) atoms. The summed E-state index contributed by atoms with van der Waals surface area (Å²) in [5.74, 6) is 0.256. The number of urea groups is 1. The molecule has 1 aromatic carbocycles. The molecule has 0 radical (unpaired) electrons. The summed E-state index contributed by atoms with van der Waals surface area (Å²) in [6.45, 7) is 0.758. The number of carbonyl (C=O) groups excluding carboxylic acids is 3. The fraction of sp³-hybridized carbons (Fsp3) is 0.500. The molecule has 0 saturated carbocycles. The third-order valence-electron chi connectivity index (χ3n) is 4.76. The Morgan fingerprint density at radius 3 is 2.92 bits per heavy atom. The number of amides is 4. The van der Waals surface area contributed by atoms with Gasteiger partial charge in [-0.3, -0.25) is 14.5 Å². The fourth-order valence-electron chi connectivity index (χ4n) is 3.43. The molecule has 2 fully saturated rings. The third kappa shape index (κ3) is 3.75. The third-order valence-corrected chi connectivity index (χ3v) is 4.76. The quantitative estimate of drug-likeness (QED) is 0.901. The summed E-state index contributed by atoms with van der Waals surface area (Å²) in [5, 5.41) is 2.61. The van der Waals surface area contributed by atoms with Crippen LogP contribution in [-0.2, 0) is 9.59 Å². The van der Waals surface area contributed by atoms with Gasteiger partial charge in [-0.25, -0.2) is 4.79 Å². The number of nitrogens with zero attached hydrogens (tertiary/aromatic N) is 2. The number of rotatable bonds is 4. The lowest BCUT2D eigenvalue weighted by Gasteiger charge is -2.37. The van der Waals surface area contributed by atoms with Gasteiger partial charge in [0.05, 0.1) is 13.2 Å². The number of hydrogen-bond donors (Lipinski definition) is 1. The van der Waals surface area contributed by atoms with E-state index in [1.165, 1.54) is 0 Å². The number of methoxy groups -OCH3 is 1. The summed E-state index contributed by atoms with van der Waals surface area (Å²) in [6, 6.07) is 7.16. The minimum absolute atomic E-state index is 0.0562. The lowest BCUT2D eigenvalue weighted by molar-refractivity contribution is -0.141. The number of benzene rings is 1. The predicted molar refractivity (Wildman–Crippen MR) is 91.0 cm³/mol. The minimum atomic E-state index is -0.487. The summed E-state index contributed by atoms with van der Waals surface area (Å²) >= 11 is 0. The summed E-state index contributed by atoms with van der Waals surface area (Å²) in [6.07, 6.45) is 3.05. The van der Waals surface area contributed by atoms with E-state index in [0.717, 1.165) is 35.5 Å². The Morgan fingerprint density at radius 2 is 2.16 bits per heavy atom. The largest absolute Gasteiger partial charge is 0.497 e. The van der Waals surface area contributed by atoms with Crippen molar-refractivity contribution in [1.82, 2.24) is 15.1 Å².